The van der Waals surface area contributed by atoms with Crippen LogP contribution in [-0.4, -0.2) is 13.1 Å². The van der Waals surface area contributed by atoms with Crippen molar-refractivity contribution in [1.82, 2.24) is 0 Å². The molecule has 0 amide bonds. The highest BCUT2D eigenvalue weighted by Gasteiger charge is 2.12. The van der Waals surface area contributed by atoms with Crippen LogP contribution in [-0.2, 0) is 0 Å². The van der Waals surface area contributed by atoms with Gasteiger partial charge in [-0.1, -0.05) is 13.3 Å². The fraction of sp³-hybridized carbons (Fsp3) is 0.500. The fourth-order valence-corrected chi connectivity index (χ4v) is 1.67. The Morgan fingerprint density at radius 2 is 2.13 bits per heavy atom. The first-order chi connectivity index (χ1) is 7.06. The topological polar surface area (TPSA) is 29.3 Å². The Kier molecular flexibility index (Phi) is 3.95. The van der Waals surface area contributed by atoms with Crippen molar-refractivity contribution in [2.24, 2.45) is 0 Å². The number of rotatable bonds is 4. The molecule has 1 atom stereocenters. The first-order valence-electron chi connectivity index (χ1n) is 5.34. The molecule has 84 valence electrons. The van der Waals surface area contributed by atoms with E-state index in [-0.39, 0.29) is 5.82 Å². The second-order valence-electron chi connectivity index (χ2n) is 3.95. The molecule has 2 nitrogen and oxygen atoms in total. The van der Waals surface area contributed by atoms with Gasteiger partial charge >= 0.3 is 0 Å². The summed E-state index contributed by atoms with van der Waals surface area (Å²) in [5, 5.41) is 0. The SMILES string of the molecule is CCCC(C)N(C)c1cc(F)ccc1N. The van der Waals surface area contributed by atoms with E-state index in [1.165, 1.54) is 12.1 Å². The van der Waals surface area contributed by atoms with Crippen molar-refractivity contribution in [3.8, 4) is 0 Å². The summed E-state index contributed by atoms with van der Waals surface area (Å²) < 4.78 is 13.1. The Bertz CT molecular complexity index is 325. The lowest BCUT2D eigenvalue weighted by atomic mass is 10.1. The summed E-state index contributed by atoms with van der Waals surface area (Å²) in [4.78, 5) is 2.03. The molecule has 1 rings (SSSR count). The molecule has 0 aliphatic rings. The predicted octanol–water partition coefficient (Wildman–Crippen LogP) is 3.03. The van der Waals surface area contributed by atoms with Crippen LogP contribution in [0, 0.1) is 5.82 Å². The minimum Gasteiger partial charge on any atom is -0.397 e. The molecule has 0 heterocycles. The van der Waals surface area contributed by atoms with E-state index >= 15 is 0 Å². The predicted molar refractivity (Wildman–Crippen MR) is 63.6 cm³/mol. The minimum absolute atomic E-state index is 0.241. The van der Waals surface area contributed by atoms with Crippen molar-refractivity contribution in [1.29, 1.82) is 0 Å². The van der Waals surface area contributed by atoms with Crippen molar-refractivity contribution in [2.75, 3.05) is 17.7 Å². The van der Waals surface area contributed by atoms with E-state index in [1.807, 2.05) is 11.9 Å². The van der Waals surface area contributed by atoms with Gasteiger partial charge in [-0.2, -0.15) is 0 Å². The minimum atomic E-state index is -0.241. The molecule has 0 bridgehead atoms. The van der Waals surface area contributed by atoms with Crippen LogP contribution in [0.3, 0.4) is 0 Å². The average Bonchev–Trinajstić information content (AvgIpc) is 2.21. The zero-order valence-electron chi connectivity index (χ0n) is 9.63. The lowest BCUT2D eigenvalue weighted by Crippen LogP contribution is -2.29. The molecule has 0 aliphatic heterocycles. The smallest absolute Gasteiger partial charge is 0.125 e. The maximum atomic E-state index is 13.1. The van der Waals surface area contributed by atoms with Gasteiger partial charge in [-0.25, -0.2) is 4.39 Å². The summed E-state index contributed by atoms with van der Waals surface area (Å²) in [7, 11) is 1.95. The van der Waals surface area contributed by atoms with Crippen LogP contribution in [0.25, 0.3) is 0 Å². The van der Waals surface area contributed by atoms with Gasteiger partial charge in [-0.05, 0) is 31.5 Å². The lowest BCUT2D eigenvalue weighted by molar-refractivity contribution is 0.607. The van der Waals surface area contributed by atoms with Crippen molar-refractivity contribution in [3.63, 3.8) is 0 Å². The van der Waals surface area contributed by atoms with E-state index in [0.717, 1.165) is 18.5 Å². The van der Waals surface area contributed by atoms with Gasteiger partial charge in [0, 0.05) is 13.1 Å². The highest BCUT2D eigenvalue weighted by Crippen LogP contribution is 2.25. The second kappa shape index (κ2) is 5.01. The van der Waals surface area contributed by atoms with Gasteiger partial charge < -0.3 is 10.6 Å². The van der Waals surface area contributed by atoms with Gasteiger partial charge in [0.15, 0.2) is 0 Å². The van der Waals surface area contributed by atoms with Crippen LogP contribution in [0.5, 0.6) is 0 Å². The van der Waals surface area contributed by atoms with Crippen molar-refractivity contribution in [2.45, 2.75) is 32.7 Å². The molecule has 1 unspecified atom stereocenters. The lowest BCUT2D eigenvalue weighted by Gasteiger charge is -2.28. The number of hydrogen-bond acceptors (Lipinski definition) is 2. The highest BCUT2D eigenvalue weighted by atomic mass is 19.1. The number of anilines is 2. The Hall–Kier alpha value is -1.25. The first kappa shape index (κ1) is 11.8. The average molecular weight is 210 g/mol. The van der Waals surface area contributed by atoms with Gasteiger partial charge in [0.05, 0.1) is 11.4 Å². The first-order valence-corrected chi connectivity index (χ1v) is 5.34. The summed E-state index contributed by atoms with van der Waals surface area (Å²) in [5.41, 5.74) is 7.22. The molecule has 0 radical (unpaired) electrons. The van der Waals surface area contributed by atoms with Crippen molar-refractivity contribution >= 4 is 11.4 Å². The third kappa shape index (κ3) is 2.85. The zero-order valence-corrected chi connectivity index (χ0v) is 9.63. The highest BCUT2D eigenvalue weighted by molar-refractivity contribution is 5.67. The fourth-order valence-electron chi connectivity index (χ4n) is 1.67. The molecule has 0 fully saturated rings. The van der Waals surface area contributed by atoms with Gasteiger partial charge in [-0.3, -0.25) is 0 Å². The molecule has 15 heavy (non-hydrogen) atoms. The van der Waals surface area contributed by atoms with Gasteiger partial charge in [0.2, 0.25) is 0 Å². The van der Waals surface area contributed by atoms with Gasteiger partial charge in [0.1, 0.15) is 5.82 Å². The van der Waals surface area contributed by atoms with E-state index in [0.29, 0.717) is 11.7 Å². The van der Waals surface area contributed by atoms with Crippen LogP contribution < -0.4 is 10.6 Å². The Balaban J connectivity index is 2.89. The van der Waals surface area contributed by atoms with Crippen LogP contribution in [0.1, 0.15) is 26.7 Å². The maximum Gasteiger partial charge on any atom is 0.125 e. The molecule has 0 spiro atoms. The molecule has 0 saturated carbocycles. The normalized spacial score (nSPS) is 12.5. The van der Waals surface area contributed by atoms with Crippen LogP contribution >= 0.6 is 0 Å². The number of benzene rings is 1. The third-order valence-electron chi connectivity index (χ3n) is 2.74. The standard InChI is InChI=1S/C12H19FN2/c1-4-5-9(2)15(3)12-8-10(13)6-7-11(12)14/h6-9H,4-5,14H2,1-3H3. The molecule has 3 heteroatoms. The van der Waals surface area contributed by atoms with E-state index in [4.69, 9.17) is 5.73 Å². The Morgan fingerprint density at radius 1 is 1.47 bits per heavy atom. The summed E-state index contributed by atoms with van der Waals surface area (Å²) in [6, 6.07) is 4.86. The monoisotopic (exact) mass is 210 g/mol. The van der Waals surface area contributed by atoms with Crippen LogP contribution in [0.15, 0.2) is 18.2 Å². The van der Waals surface area contributed by atoms with Crippen molar-refractivity contribution < 1.29 is 4.39 Å². The maximum absolute atomic E-state index is 13.1. The molecule has 2 N–H and O–H groups in total. The van der Waals surface area contributed by atoms with E-state index in [1.54, 1.807) is 6.07 Å². The van der Waals surface area contributed by atoms with Crippen LogP contribution in [0.2, 0.25) is 0 Å². The van der Waals surface area contributed by atoms with E-state index in [9.17, 15) is 4.39 Å². The molecular weight excluding hydrogens is 191 g/mol. The molecule has 1 aromatic carbocycles. The zero-order chi connectivity index (χ0) is 11.4. The van der Waals surface area contributed by atoms with E-state index in [2.05, 4.69) is 13.8 Å². The third-order valence-corrected chi connectivity index (χ3v) is 2.74. The Morgan fingerprint density at radius 3 is 2.73 bits per heavy atom. The molecule has 0 aromatic heterocycles. The quantitative estimate of drug-likeness (QED) is 0.774. The number of hydrogen-bond donors (Lipinski definition) is 1. The number of nitrogen functional groups attached to an aromatic ring is 1. The number of nitrogens with two attached hydrogens (primary N) is 1. The summed E-state index contributed by atoms with van der Waals surface area (Å²) in [6.07, 6.45) is 2.19. The van der Waals surface area contributed by atoms with Gasteiger partial charge in [0.25, 0.3) is 0 Å². The molecule has 1 aromatic rings. The Labute approximate surface area is 90.9 Å². The molecular formula is C12H19FN2. The summed E-state index contributed by atoms with van der Waals surface area (Å²) in [6.45, 7) is 4.26. The van der Waals surface area contributed by atoms with Crippen molar-refractivity contribution in [3.05, 3.63) is 24.0 Å². The number of nitrogens with zero attached hydrogens (tertiary/aromatic N) is 1. The van der Waals surface area contributed by atoms with Crippen LogP contribution in [0.4, 0.5) is 15.8 Å². The summed E-state index contributed by atoms with van der Waals surface area (Å²) >= 11 is 0. The molecule has 0 aliphatic carbocycles. The second-order valence-corrected chi connectivity index (χ2v) is 3.95. The van der Waals surface area contributed by atoms with E-state index < -0.39 is 0 Å². The molecule has 0 saturated heterocycles. The van der Waals surface area contributed by atoms with Gasteiger partial charge in [-0.15, -0.1) is 0 Å². The number of halogens is 1. The summed E-state index contributed by atoms with van der Waals surface area (Å²) in [5.74, 6) is -0.241. The largest absolute Gasteiger partial charge is 0.397 e.